The minimum absolute atomic E-state index is 0. The van der Waals surface area contributed by atoms with Crippen LogP contribution in [0.15, 0.2) is 18.2 Å². The van der Waals surface area contributed by atoms with Crippen LogP contribution in [0.1, 0.15) is 31.7 Å². The Morgan fingerprint density at radius 2 is 2.05 bits per heavy atom. The lowest BCUT2D eigenvalue weighted by molar-refractivity contribution is -0.121. The number of aromatic amines is 1. The highest BCUT2D eigenvalue weighted by Crippen LogP contribution is 2.16. The number of carbonyl (C=O) groups is 1. The van der Waals surface area contributed by atoms with Crippen LogP contribution in [-0.2, 0) is 11.2 Å². The number of carbonyl (C=O) groups excluding carboxylic acids is 1. The number of nitrogens with one attached hydrogen (secondary N) is 2. The number of nitrogens with zero attached hydrogens (tertiary/aromatic N) is 1. The van der Waals surface area contributed by atoms with E-state index >= 15 is 0 Å². The number of benzene rings is 1. The molecular weight excluding hydrogens is 323 g/mol. The van der Waals surface area contributed by atoms with Gasteiger partial charge in [0.05, 0.1) is 11.0 Å². The van der Waals surface area contributed by atoms with Crippen LogP contribution in [0.4, 0.5) is 0 Å². The Hall–Kier alpha value is -1.30. The van der Waals surface area contributed by atoms with Crippen LogP contribution in [0.25, 0.3) is 11.0 Å². The third kappa shape index (κ3) is 5.83. The largest absolute Gasteiger partial charge is 0.354 e. The number of imidazole rings is 1. The van der Waals surface area contributed by atoms with E-state index in [1.54, 1.807) is 0 Å². The van der Waals surface area contributed by atoms with Gasteiger partial charge in [-0.3, -0.25) is 4.79 Å². The van der Waals surface area contributed by atoms with Crippen molar-refractivity contribution < 1.29 is 4.79 Å². The predicted octanol–water partition coefficient (Wildman–Crippen LogP) is 2.50. The number of H-pyrrole nitrogens is 1. The van der Waals surface area contributed by atoms with Gasteiger partial charge in [0.15, 0.2) is 0 Å². The van der Waals surface area contributed by atoms with Gasteiger partial charge >= 0.3 is 0 Å². The van der Waals surface area contributed by atoms with E-state index in [0.29, 0.717) is 19.4 Å². The zero-order valence-corrected chi connectivity index (χ0v) is 14.7. The molecule has 1 aromatic heterocycles. The second-order valence-electron chi connectivity index (χ2n) is 5.92. The van der Waals surface area contributed by atoms with Crippen molar-refractivity contribution in [2.45, 2.75) is 39.2 Å². The number of hydrogen-bond acceptors (Lipinski definition) is 3. The Balaban J connectivity index is 0.00000220. The zero-order valence-electron chi connectivity index (χ0n) is 13.1. The van der Waals surface area contributed by atoms with Crippen LogP contribution >= 0.6 is 24.8 Å². The van der Waals surface area contributed by atoms with Crippen molar-refractivity contribution in [3.63, 3.8) is 0 Å². The van der Waals surface area contributed by atoms with Gasteiger partial charge in [-0.2, -0.15) is 0 Å². The lowest BCUT2D eigenvalue weighted by atomic mass is 10.1. The lowest BCUT2D eigenvalue weighted by Crippen LogP contribution is -2.45. The summed E-state index contributed by atoms with van der Waals surface area (Å²) in [4.78, 5) is 19.5. The quantitative estimate of drug-likeness (QED) is 0.777. The second kappa shape index (κ2) is 8.36. The minimum atomic E-state index is -0.383. The van der Waals surface area contributed by atoms with Gasteiger partial charge in [-0.05, 0) is 32.4 Å². The van der Waals surface area contributed by atoms with Gasteiger partial charge in [0, 0.05) is 24.9 Å². The highest BCUT2D eigenvalue weighted by molar-refractivity contribution is 5.85. The Morgan fingerprint density at radius 3 is 2.64 bits per heavy atom. The Kier molecular flexibility index (Phi) is 7.87. The third-order valence-corrected chi connectivity index (χ3v) is 3.09. The fraction of sp³-hybridized carbons (Fsp3) is 0.467. The number of nitrogens with two attached hydrogens (primary N) is 1. The van der Waals surface area contributed by atoms with Crippen LogP contribution in [-0.4, -0.2) is 28.0 Å². The summed E-state index contributed by atoms with van der Waals surface area (Å²) in [6, 6.07) is 6.02. The van der Waals surface area contributed by atoms with E-state index in [1.165, 1.54) is 0 Å². The van der Waals surface area contributed by atoms with Gasteiger partial charge in [-0.15, -0.1) is 24.8 Å². The van der Waals surface area contributed by atoms with Crippen molar-refractivity contribution in [3.05, 3.63) is 29.6 Å². The fourth-order valence-corrected chi connectivity index (χ4v) is 1.99. The first-order valence-electron chi connectivity index (χ1n) is 6.85. The molecule has 0 spiro atoms. The average molecular weight is 347 g/mol. The minimum Gasteiger partial charge on any atom is -0.354 e. The predicted molar refractivity (Wildman–Crippen MR) is 94.9 cm³/mol. The molecule has 124 valence electrons. The van der Waals surface area contributed by atoms with Crippen LogP contribution < -0.4 is 11.1 Å². The van der Waals surface area contributed by atoms with E-state index in [4.69, 9.17) is 5.73 Å². The van der Waals surface area contributed by atoms with Crippen molar-refractivity contribution in [1.29, 1.82) is 0 Å². The number of aromatic nitrogens is 2. The van der Waals surface area contributed by atoms with Gasteiger partial charge in [0.1, 0.15) is 5.82 Å². The molecule has 0 aliphatic carbocycles. The summed E-state index contributed by atoms with van der Waals surface area (Å²) in [5.41, 5.74) is 8.58. The molecule has 1 amide bonds. The number of para-hydroxylation sites is 1. The molecular formula is C15H24Cl2N4O. The van der Waals surface area contributed by atoms with Gasteiger partial charge in [0.25, 0.3) is 0 Å². The first kappa shape index (κ1) is 20.7. The summed E-state index contributed by atoms with van der Waals surface area (Å²) in [6.45, 7) is 6.28. The van der Waals surface area contributed by atoms with E-state index < -0.39 is 0 Å². The standard InChI is InChI=1S/C15H22N4O.2ClH/c1-10-5-4-6-11-14(10)19-12(18-11)7-8-13(20)17-9-15(2,3)16;;/h4-6H,7-9,16H2,1-3H3,(H,17,20)(H,18,19);2*1H. The van der Waals surface area contributed by atoms with Crippen molar-refractivity contribution in [2.24, 2.45) is 5.73 Å². The first-order valence-corrected chi connectivity index (χ1v) is 6.85. The average Bonchev–Trinajstić information content (AvgIpc) is 2.77. The maximum atomic E-state index is 11.7. The van der Waals surface area contributed by atoms with Crippen LogP contribution in [0.5, 0.6) is 0 Å². The summed E-state index contributed by atoms with van der Waals surface area (Å²) in [6.07, 6.45) is 1.01. The van der Waals surface area contributed by atoms with Crippen molar-refractivity contribution in [3.8, 4) is 0 Å². The molecule has 22 heavy (non-hydrogen) atoms. The maximum absolute atomic E-state index is 11.7. The van der Waals surface area contributed by atoms with Gasteiger partial charge in [-0.25, -0.2) is 4.98 Å². The highest BCUT2D eigenvalue weighted by Gasteiger charge is 2.13. The molecule has 0 atom stereocenters. The Bertz CT molecular complexity index is 620. The molecule has 1 heterocycles. The summed E-state index contributed by atoms with van der Waals surface area (Å²) in [5, 5.41) is 2.83. The summed E-state index contributed by atoms with van der Waals surface area (Å²) >= 11 is 0. The molecule has 0 bridgehead atoms. The van der Waals surface area contributed by atoms with E-state index in [9.17, 15) is 4.79 Å². The molecule has 0 fully saturated rings. The number of hydrogen-bond donors (Lipinski definition) is 3. The zero-order chi connectivity index (χ0) is 14.8. The fourth-order valence-electron chi connectivity index (χ4n) is 1.99. The molecule has 0 saturated heterocycles. The normalized spacial score (nSPS) is 10.7. The summed E-state index contributed by atoms with van der Waals surface area (Å²) < 4.78 is 0. The van der Waals surface area contributed by atoms with Gasteiger partial charge < -0.3 is 16.0 Å². The number of fused-ring (bicyclic) bond motifs is 1. The SMILES string of the molecule is Cc1cccc2[nH]c(CCC(=O)NCC(C)(C)N)nc12.Cl.Cl. The molecule has 5 nitrogen and oxygen atoms in total. The molecule has 0 aliphatic rings. The first-order chi connectivity index (χ1) is 9.35. The Labute approximate surface area is 143 Å². The van der Waals surface area contributed by atoms with Gasteiger partial charge in [0.2, 0.25) is 5.91 Å². The molecule has 0 radical (unpaired) electrons. The topological polar surface area (TPSA) is 83.8 Å². The lowest BCUT2D eigenvalue weighted by Gasteiger charge is -2.18. The molecule has 4 N–H and O–H groups in total. The van der Waals surface area contributed by atoms with E-state index in [2.05, 4.69) is 15.3 Å². The Morgan fingerprint density at radius 1 is 1.36 bits per heavy atom. The molecule has 7 heteroatoms. The number of aryl methyl sites for hydroxylation is 2. The molecule has 0 aliphatic heterocycles. The van der Waals surface area contributed by atoms with Crippen molar-refractivity contribution in [2.75, 3.05) is 6.54 Å². The van der Waals surface area contributed by atoms with E-state index in [-0.39, 0.29) is 36.3 Å². The highest BCUT2D eigenvalue weighted by atomic mass is 35.5. The van der Waals surface area contributed by atoms with Crippen molar-refractivity contribution >= 4 is 41.8 Å². The number of amides is 1. The molecule has 0 saturated carbocycles. The van der Waals surface area contributed by atoms with Crippen LogP contribution in [0.3, 0.4) is 0 Å². The maximum Gasteiger partial charge on any atom is 0.220 e. The number of halogens is 2. The molecule has 2 rings (SSSR count). The van der Waals surface area contributed by atoms with Crippen molar-refractivity contribution in [1.82, 2.24) is 15.3 Å². The summed E-state index contributed by atoms with van der Waals surface area (Å²) in [5.74, 6) is 0.845. The molecule has 1 aromatic carbocycles. The second-order valence-corrected chi connectivity index (χ2v) is 5.92. The smallest absolute Gasteiger partial charge is 0.220 e. The number of rotatable bonds is 5. The third-order valence-electron chi connectivity index (χ3n) is 3.09. The van der Waals surface area contributed by atoms with Crippen LogP contribution in [0, 0.1) is 6.92 Å². The monoisotopic (exact) mass is 346 g/mol. The van der Waals surface area contributed by atoms with E-state index in [0.717, 1.165) is 22.4 Å². The van der Waals surface area contributed by atoms with E-state index in [1.807, 2.05) is 39.0 Å². The molecule has 2 aromatic rings. The van der Waals surface area contributed by atoms with Crippen LogP contribution in [0.2, 0.25) is 0 Å². The van der Waals surface area contributed by atoms with Gasteiger partial charge in [-0.1, -0.05) is 12.1 Å². The summed E-state index contributed by atoms with van der Waals surface area (Å²) in [7, 11) is 0. The molecule has 0 unspecified atom stereocenters.